The van der Waals surface area contributed by atoms with Gasteiger partial charge < -0.3 is 24.4 Å². The lowest BCUT2D eigenvalue weighted by atomic mass is 9.97. The molecule has 3 saturated heterocycles. The van der Waals surface area contributed by atoms with Gasteiger partial charge in [-0.2, -0.15) is 13.2 Å². The Hall–Kier alpha value is -3.09. The smallest absolute Gasteiger partial charge is 0.378 e. The molecule has 1 aromatic heterocycles. The largest absolute Gasteiger partial charge is 0.416 e. The summed E-state index contributed by atoms with van der Waals surface area (Å²) in [5.41, 5.74) is 1.91. The molecule has 0 saturated carbocycles. The zero-order valence-corrected chi connectivity index (χ0v) is 24.0. The Bertz CT molecular complexity index is 1270. The van der Waals surface area contributed by atoms with Gasteiger partial charge in [-0.15, -0.1) is 0 Å². The van der Waals surface area contributed by atoms with Crippen LogP contribution in [0.2, 0.25) is 0 Å². The lowest BCUT2D eigenvalue weighted by molar-refractivity contribution is -0.137. The predicted octanol–water partition coefficient (Wildman–Crippen LogP) is 5.01. The molecule has 5 rings (SSSR count). The average Bonchev–Trinajstić information content (AvgIpc) is 3.01. The zero-order chi connectivity index (χ0) is 29.7. The summed E-state index contributed by atoms with van der Waals surface area (Å²) >= 11 is 0. The van der Waals surface area contributed by atoms with E-state index in [1.807, 2.05) is 11.8 Å². The second-order valence-corrected chi connectivity index (χ2v) is 11.1. The number of ether oxygens (including phenoxy) is 3. The first kappa shape index (κ1) is 30.4. The number of alkyl halides is 3. The van der Waals surface area contributed by atoms with E-state index in [-0.39, 0.29) is 24.2 Å². The monoisotopic (exact) mass is 589 g/mol. The molecule has 3 atom stereocenters. The Morgan fingerprint density at radius 2 is 2.00 bits per heavy atom. The van der Waals surface area contributed by atoms with E-state index in [9.17, 15) is 18.0 Å². The van der Waals surface area contributed by atoms with Crippen LogP contribution in [0.3, 0.4) is 0 Å². The molecule has 3 aliphatic heterocycles. The number of aliphatic imine (C=N–C) groups is 1. The van der Waals surface area contributed by atoms with Crippen molar-refractivity contribution in [2.75, 3.05) is 45.3 Å². The van der Waals surface area contributed by atoms with Gasteiger partial charge in [0, 0.05) is 44.4 Å². The maximum absolute atomic E-state index is 13.4. The molecule has 3 fully saturated rings. The van der Waals surface area contributed by atoms with Crippen LogP contribution in [-0.2, 0) is 20.4 Å². The van der Waals surface area contributed by atoms with Crippen molar-refractivity contribution in [1.82, 2.24) is 14.9 Å². The summed E-state index contributed by atoms with van der Waals surface area (Å²) in [4.78, 5) is 28.8. The van der Waals surface area contributed by atoms with Crippen molar-refractivity contribution < 1.29 is 32.2 Å². The number of piperidine rings is 1. The Morgan fingerprint density at radius 3 is 2.76 bits per heavy atom. The second-order valence-electron chi connectivity index (χ2n) is 11.1. The Morgan fingerprint density at radius 1 is 1.19 bits per heavy atom. The highest BCUT2D eigenvalue weighted by Gasteiger charge is 2.32. The van der Waals surface area contributed by atoms with Crippen molar-refractivity contribution in [1.29, 1.82) is 0 Å². The minimum absolute atomic E-state index is 0.0986. The predicted molar refractivity (Wildman–Crippen MR) is 151 cm³/mol. The summed E-state index contributed by atoms with van der Waals surface area (Å²) in [5, 5.41) is 3.28. The first-order valence-corrected chi connectivity index (χ1v) is 14.6. The maximum Gasteiger partial charge on any atom is 0.416 e. The van der Waals surface area contributed by atoms with Gasteiger partial charge >= 0.3 is 6.18 Å². The molecule has 1 amide bonds. The summed E-state index contributed by atoms with van der Waals surface area (Å²) in [7, 11) is 1.67. The molecule has 0 bridgehead atoms. The van der Waals surface area contributed by atoms with Crippen LogP contribution in [0, 0.1) is 6.92 Å². The number of carbonyl (C=O) groups excluding carboxylic acids is 1. The van der Waals surface area contributed by atoms with Crippen LogP contribution in [0.1, 0.15) is 71.8 Å². The molecule has 0 radical (unpaired) electrons. The Labute approximate surface area is 243 Å². The van der Waals surface area contributed by atoms with Gasteiger partial charge in [-0.25, -0.2) is 9.97 Å². The van der Waals surface area contributed by atoms with E-state index in [0.29, 0.717) is 61.9 Å². The Balaban J connectivity index is 1.16. The van der Waals surface area contributed by atoms with E-state index in [2.05, 4.69) is 15.3 Å². The molecule has 1 N–H and O–H groups in total. The number of hydrogen-bond donors (Lipinski definition) is 1. The highest BCUT2D eigenvalue weighted by Crippen LogP contribution is 2.35. The molecule has 4 heterocycles. The topological polar surface area (TPSA) is 98.2 Å². The van der Waals surface area contributed by atoms with Gasteiger partial charge in [0.1, 0.15) is 23.9 Å². The molecular weight excluding hydrogens is 551 g/mol. The van der Waals surface area contributed by atoms with Gasteiger partial charge in [0.25, 0.3) is 5.91 Å². The van der Waals surface area contributed by atoms with Crippen LogP contribution in [-0.4, -0.2) is 84.7 Å². The van der Waals surface area contributed by atoms with Crippen molar-refractivity contribution in [3.8, 4) is 0 Å². The molecule has 228 valence electrons. The number of nitrogens with zero attached hydrogens (tertiary/aromatic N) is 4. The zero-order valence-electron chi connectivity index (χ0n) is 24.0. The van der Waals surface area contributed by atoms with Crippen molar-refractivity contribution in [2.24, 2.45) is 4.99 Å². The SMILES string of the molecule is CO[C@@H]1COCC/C1=N\C1CCN(C(=O)c2ncnc(NC[C@@H]3CCC[C@H](c4cccc(C(F)(F)F)c4)O3)c2C)CC1. The van der Waals surface area contributed by atoms with Crippen molar-refractivity contribution in [3.63, 3.8) is 0 Å². The molecule has 9 nitrogen and oxygen atoms in total. The number of methoxy groups -OCH3 is 1. The van der Waals surface area contributed by atoms with Crippen molar-refractivity contribution >= 4 is 17.4 Å². The quantitative estimate of drug-likeness (QED) is 0.485. The minimum atomic E-state index is -4.39. The number of likely N-dealkylation sites (tertiary alicyclic amines) is 1. The van der Waals surface area contributed by atoms with Gasteiger partial charge in [0.05, 0.1) is 37.0 Å². The lowest BCUT2D eigenvalue weighted by Crippen LogP contribution is -2.41. The minimum Gasteiger partial charge on any atom is -0.378 e. The number of anilines is 1. The fourth-order valence-electron chi connectivity index (χ4n) is 5.82. The normalized spacial score (nSPS) is 25.0. The maximum atomic E-state index is 13.4. The number of rotatable bonds is 7. The fraction of sp³-hybridized carbons (Fsp3) is 0.600. The molecule has 12 heteroatoms. The summed E-state index contributed by atoms with van der Waals surface area (Å²) < 4.78 is 56.7. The average molecular weight is 590 g/mol. The van der Waals surface area contributed by atoms with E-state index in [0.717, 1.165) is 43.9 Å². The van der Waals surface area contributed by atoms with E-state index in [4.69, 9.17) is 19.2 Å². The molecule has 1 aromatic carbocycles. The number of carbonyl (C=O) groups is 1. The molecule has 42 heavy (non-hydrogen) atoms. The Kier molecular flexibility index (Phi) is 9.74. The number of benzene rings is 1. The second kappa shape index (κ2) is 13.5. The standard InChI is InChI=1S/C30H38F3N5O4/c1-19-27(29(39)38-12-9-22(10-13-38)37-24-11-14-41-17-26(24)40-2)35-18-36-28(19)34-16-23-7-4-8-25(42-23)20-5-3-6-21(15-20)30(31,32)33/h3,5-6,15,18,22-23,25-26H,4,7-14,16-17H2,1-2H3,(H,34,35,36)/b37-24+/t23-,25+,26+/m0/s1. The fourth-order valence-corrected chi connectivity index (χ4v) is 5.82. The molecule has 2 aromatic rings. The van der Waals surface area contributed by atoms with Crippen LogP contribution in [0.25, 0.3) is 0 Å². The third kappa shape index (κ3) is 7.27. The van der Waals surface area contributed by atoms with Gasteiger partial charge in [0.2, 0.25) is 0 Å². The summed E-state index contributed by atoms with van der Waals surface area (Å²) in [6, 6.07) is 5.50. The third-order valence-electron chi connectivity index (χ3n) is 8.25. The van der Waals surface area contributed by atoms with Crippen LogP contribution >= 0.6 is 0 Å². The number of nitrogens with one attached hydrogen (secondary N) is 1. The first-order chi connectivity index (χ1) is 20.2. The number of amides is 1. The number of halogens is 3. The van der Waals surface area contributed by atoms with E-state index < -0.39 is 17.8 Å². The van der Waals surface area contributed by atoms with Crippen LogP contribution in [0.15, 0.2) is 35.6 Å². The molecule has 0 spiro atoms. The molecule has 3 aliphatic rings. The van der Waals surface area contributed by atoms with Gasteiger partial charge in [0.15, 0.2) is 0 Å². The lowest BCUT2D eigenvalue weighted by Gasteiger charge is -2.32. The van der Waals surface area contributed by atoms with Crippen LogP contribution in [0.4, 0.5) is 19.0 Å². The highest BCUT2D eigenvalue weighted by molar-refractivity contribution is 5.94. The number of aromatic nitrogens is 2. The van der Waals surface area contributed by atoms with Crippen LogP contribution in [0.5, 0.6) is 0 Å². The summed E-state index contributed by atoms with van der Waals surface area (Å²) in [6.07, 6.45) is 0.853. The van der Waals surface area contributed by atoms with E-state index >= 15 is 0 Å². The molecule has 0 unspecified atom stereocenters. The third-order valence-corrected chi connectivity index (χ3v) is 8.25. The molecular formula is C30H38F3N5O4. The number of hydrogen-bond acceptors (Lipinski definition) is 8. The van der Waals surface area contributed by atoms with Gasteiger partial charge in [-0.05, 0) is 56.7 Å². The van der Waals surface area contributed by atoms with E-state index in [1.165, 1.54) is 18.5 Å². The van der Waals surface area contributed by atoms with E-state index in [1.54, 1.807) is 13.2 Å². The first-order valence-electron chi connectivity index (χ1n) is 14.6. The summed E-state index contributed by atoms with van der Waals surface area (Å²) in [5.74, 6) is 0.410. The van der Waals surface area contributed by atoms with Gasteiger partial charge in [-0.1, -0.05) is 12.1 Å². The highest BCUT2D eigenvalue weighted by atomic mass is 19.4. The van der Waals surface area contributed by atoms with Crippen molar-refractivity contribution in [3.05, 3.63) is 53.0 Å². The molecule has 0 aliphatic carbocycles. The van der Waals surface area contributed by atoms with Crippen LogP contribution < -0.4 is 5.32 Å². The van der Waals surface area contributed by atoms with Crippen molar-refractivity contribution in [2.45, 2.75) is 76.0 Å². The van der Waals surface area contributed by atoms with Gasteiger partial charge in [-0.3, -0.25) is 9.79 Å². The summed E-state index contributed by atoms with van der Waals surface area (Å²) in [6.45, 7) is 4.60.